The van der Waals surface area contributed by atoms with Crippen LogP contribution in [0.3, 0.4) is 0 Å². The van der Waals surface area contributed by atoms with E-state index < -0.39 is 11.7 Å². The summed E-state index contributed by atoms with van der Waals surface area (Å²) >= 11 is 0. The van der Waals surface area contributed by atoms with E-state index >= 15 is 0 Å². The van der Waals surface area contributed by atoms with Gasteiger partial charge in [0.1, 0.15) is 5.60 Å². The SMILES string of the molecule is C=C(CC)[C@@H](Cc1ccc(C#N)cc1N)NC(=O)OC(C)(C)C. The number of carbonyl (C=O) groups excluding carboxylic acids is 1. The van der Waals surface area contributed by atoms with Crippen molar-refractivity contribution in [3.05, 3.63) is 41.5 Å². The topological polar surface area (TPSA) is 88.1 Å². The van der Waals surface area contributed by atoms with Gasteiger partial charge in [-0.15, -0.1) is 0 Å². The number of nitrogen functional groups attached to an aromatic ring is 1. The number of nitriles is 1. The average molecular weight is 315 g/mol. The van der Waals surface area contributed by atoms with Crippen LogP contribution in [0.25, 0.3) is 0 Å². The maximum absolute atomic E-state index is 12.0. The molecule has 0 unspecified atom stereocenters. The summed E-state index contributed by atoms with van der Waals surface area (Å²) in [5.41, 5.74) is 8.23. The number of carbonyl (C=O) groups is 1. The van der Waals surface area contributed by atoms with Gasteiger partial charge in [-0.05, 0) is 51.3 Å². The van der Waals surface area contributed by atoms with E-state index in [1.54, 1.807) is 18.2 Å². The number of ether oxygens (including phenoxy) is 1. The molecule has 1 rings (SSSR count). The maximum atomic E-state index is 12.0. The third-order valence-corrected chi connectivity index (χ3v) is 3.34. The van der Waals surface area contributed by atoms with E-state index in [4.69, 9.17) is 15.7 Å². The van der Waals surface area contributed by atoms with Crippen molar-refractivity contribution in [1.29, 1.82) is 5.26 Å². The fraction of sp³-hybridized carbons (Fsp3) is 0.444. The van der Waals surface area contributed by atoms with E-state index in [-0.39, 0.29) is 6.04 Å². The number of alkyl carbamates (subject to hydrolysis) is 1. The van der Waals surface area contributed by atoms with Crippen molar-refractivity contribution in [2.75, 3.05) is 5.73 Å². The van der Waals surface area contributed by atoms with Crippen LogP contribution in [-0.4, -0.2) is 17.7 Å². The predicted octanol–water partition coefficient (Wildman–Crippen LogP) is 3.54. The number of nitrogens with one attached hydrogen (secondary N) is 1. The van der Waals surface area contributed by atoms with Crippen molar-refractivity contribution < 1.29 is 9.53 Å². The highest BCUT2D eigenvalue weighted by molar-refractivity contribution is 5.69. The third-order valence-electron chi connectivity index (χ3n) is 3.34. The highest BCUT2D eigenvalue weighted by Crippen LogP contribution is 2.19. The largest absolute Gasteiger partial charge is 0.444 e. The van der Waals surface area contributed by atoms with E-state index in [0.717, 1.165) is 17.6 Å². The molecule has 0 saturated heterocycles. The van der Waals surface area contributed by atoms with Crippen LogP contribution in [-0.2, 0) is 11.2 Å². The number of nitrogens with zero attached hydrogens (tertiary/aromatic N) is 1. The zero-order chi connectivity index (χ0) is 17.6. The van der Waals surface area contributed by atoms with Crippen molar-refractivity contribution in [2.24, 2.45) is 0 Å². The van der Waals surface area contributed by atoms with Gasteiger partial charge in [0.05, 0.1) is 17.7 Å². The van der Waals surface area contributed by atoms with Gasteiger partial charge < -0.3 is 15.8 Å². The molecular formula is C18H25N3O2. The number of rotatable bonds is 5. The molecule has 124 valence electrons. The zero-order valence-corrected chi connectivity index (χ0v) is 14.3. The van der Waals surface area contributed by atoms with Gasteiger partial charge >= 0.3 is 6.09 Å². The minimum Gasteiger partial charge on any atom is -0.444 e. The summed E-state index contributed by atoms with van der Waals surface area (Å²) in [6.45, 7) is 11.4. The van der Waals surface area contributed by atoms with Crippen LogP contribution in [0.4, 0.5) is 10.5 Å². The second-order valence-electron chi connectivity index (χ2n) is 6.44. The van der Waals surface area contributed by atoms with Crippen molar-refractivity contribution >= 4 is 11.8 Å². The highest BCUT2D eigenvalue weighted by Gasteiger charge is 2.21. The maximum Gasteiger partial charge on any atom is 0.408 e. The Balaban J connectivity index is 2.90. The molecule has 0 aliphatic carbocycles. The van der Waals surface area contributed by atoms with Crippen molar-refractivity contribution in [1.82, 2.24) is 5.32 Å². The smallest absolute Gasteiger partial charge is 0.408 e. The Morgan fingerprint density at radius 1 is 1.48 bits per heavy atom. The van der Waals surface area contributed by atoms with E-state index in [2.05, 4.69) is 18.0 Å². The molecule has 1 atom stereocenters. The minimum absolute atomic E-state index is 0.273. The second kappa shape index (κ2) is 7.68. The first kappa shape index (κ1) is 18.6. The lowest BCUT2D eigenvalue weighted by atomic mass is 9.96. The fourth-order valence-corrected chi connectivity index (χ4v) is 2.06. The molecule has 0 heterocycles. The van der Waals surface area contributed by atoms with Gasteiger partial charge in [0.15, 0.2) is 0 Å². The number of benzene rings is 1. The normalized spacial score (nSPS) is 12.1. The minimum atomic E-state index is -0.560. The van der Waals surface area contributed by atoms with E-state index in [1.807, 2.05) is 27.7 Å². The van der Waals surface area contributed by atoms with Gasteiger partial charge in [0.25, 0.3) is 0 Å². The molecule has 0 aromatic heterocycles. The first-order valence-corrected chi connectivity index (χ1v) is 7.62. The average Bonchev–Trinajstić information content (AvgIpc) is 2.45. The Bertz CT molecular complexity index is 624. The third kappa shape index (κ3) is 6.03. The van der Waals surface area contributed by atoms with Gasteiger partial charge in [0, 0.05) is 5.69 Å². The van der Waals surface area contributed by atoms with Crippen molar-refractivity contribution in [2.45, 2.75) is 52.2 Å². The standard InChI is InChI=1S/C18H25N3O2/c1-6-12(2)16(21-17(22)23-18(3,4)5)10-14-8-7-13(11-19)9-15(14)20/h7-9,16H,2,6,10,20H2,1,3-5H3,(H,21,22)/t16-/m1/s1. The molecule has 1 amide bonds. The summed E-state index contributed by atoms with van der Waals surface area (Å²) in [7, 11) is 0. The summed E-state index contributed by atoms with van der Waals surface area (Å²) in [6, 6.07) is 6.93. The summed E-state index contributed by atoms with van der Waals surface area (Å²) in [5, 5.41) is 11.7. The van der Waals surface area contributed by atoms with Crippen LogP contribution in [0.5, 0.6) is 0 Å². The van der Waals surface area contributed by atoms with Crippen LogP contribution in [0.1, 0.15) is 45.2 Å². The number of hydrogen-bond donors (Lipinski definition) is 2. The monoisotopic (exact) mass is 315 g/mol. The summed E-state index contributed by atoms with van der Waals surface area (Å²) in [5.74, 6) is 0. The van der Waals surface area contributed by atoms with Crippen LogP contribution in [0, 0.1) is 11.3 Å². The molecule has 0 aliphatic rings. The molecule has 1 aromatic rings. The molecule has 0 aliphatic heterocycles. The van der Waals surface area contributed by atoms with E-state index in [1.165, 1.54) is 0 Å². The Kier molecular flexibility index (Phi) is 6.20. The van der Waals surface area contributed by atoms with Gasteiger partial charge in [-0.1, -0.05) is 25.1 Å². The fourth-order valence-electron chi connectivity index (χ4n) is 2.06. The summed E-state index contributed by atoms with van der Waals surface area (Å²) in [4.78, 5) is 12.0. The van der Waals surface area contributed by atoms with Crippen molar-refractivity contribution in [3.8, 4) is 6.07 Å². The quantitative estimate of drug-likeness (QED) is 0.642. The van der Waals surface area contributed by atoms with Crippen LogP contribution >= 0.6 is 0 Å². The number of amides is 1. The lowest BCUT2D eigenvalue weighted by Gasteiger charge is -2.25. The molecule has 5 nitrogen and oxygen atoms in total. The highest BCUT2D eigenvalue weighted by atomic mass is 16.6. The first-order valence-electron chi connectivity index (χ1n) is 7.62. The molecule has 23 heavy (non-hydrogen) atoms. The Morgan fingerprint density at radius 2 is 2.13 bits per heavy atom. The zero-order valence-electron chi connectivity index (χ0n) is 14.3. The van der Waals surface area contributed by atoms with Gasteiger partial charge in [-0.25, -0.2) is 4.79 Å². The Hall–Kier alpha value is -2.48. The van der Waals surface area contributed by atoms with Crippen LogP contribution in [0.2, 0.25) is 0 Å². The molecule has 0 saturated carbocycles. The van der Waals surface area contributed by atoms with Crippen LogP contribution in [0.15, 0.2) is 30.4 Å². The molecule has 1 aromatic carbocycles. The number of nitrogens with two attached hydrogens (primary N) is 1. The first-order chi connectivity index (χ1) is 10.7. The van der Waals surface area contributed by atoms with Crippen LogP contribution < -0.4 is 11.1 Å². The molecule has 0 spiro atoms. The molecule has 3 N–H and O–H groups in total. The predicted molar refractivity (Wildman–Crippen MR) is 91.9 cm³/mol. The molecule has 0 bridgehead atoms. The summed E-state index contributed by atoms with van der Waals surface area (Å²) < 4.78 is 5.30. The lowest BCUT2D eigenvalue weighted by Crippen LogP contribution is -2.41. The molecule has 5 heteroatoms. The Morgan fingerprint density at radius 3 is 2.61 bits per heavy atom. The lowest BCUT2D eigenvalue weighted by molar-refractivity contribution is 0.0511. The molecular weight excluding hydrogens is 290 g/mol. The molecule has 0 fully saturated rings. The van der Waals surface area contributed by atoms with Gasteiger partial charge in [0.2, 0.25) is 0 Å². The number of anilines is 1. The molecule has 0 radical (unpaired) electrons. The van der Waals surface area contributed by atoms with Gasteiger partial charge in [-0.2, -0.15) is 5.26 Å². The number of hydrogen-bond acceptors (Lipinski definition) is 4. The van der Waals surface area contributed by atoms with E-state index in [0.29, 0.717) is 17.7 Å². The second-order valence-corrected chi connectivity index (χ2v) is 6.44. The Labute approximate surface area is 138 Å². The van der Waals surface area contributed by atoms with E-state index in [9.17, 15) is 4.79 Å². The summed E-state index contributed by atoms with van der Waals surface area (Å²) in [6.07, 6.45) is 0.754. The van der Waals surface area contributed by atoms with Crippen molar-refractivity contribution in [3.63, 3.8) is 0 Å². The van der Waals surface area contributed by atoms with Gasteiger partial charge in [-0.3, -0.25) is 0 Å².